The van der Waals surface area contributed by atoms with Crippen LogP contribution in [-0.4, -0.2) is 41.7 Å². The Bertz CT molecular complexity index is 449. The van der Waals surface area contributed by atoms with Crippen LogP contribution in [0.15, 0.2) is 18.2 Å². The zero-order valence-electron chi connectivity index (χ0n) is 12.3. The Labute approximate surface area is 120 Å². The van der Waals surface area contributed by atoms with Crippen LogP contribution in [0.25, 0.3) is 0 Å². The van der Waals surface area contributed by atoms with Crippen LogP contribution in [0.4, 0.5) is 0 Å². The molecule has 1 saturated carbocycles. The lowest BCUT2D eigenvalue weighted by atomic mass is 10.1. The number of hydrogen-bond donors (Lipinski definition) is 1. The average molecular weight is 277 g/mol. The zero-order chi connectivity index (χ0) is 14.5. The number of aliphatic hydroxyl groups excluding tert-OH is 1. The number of para-hydroxylation sites is 1. The van der Waals surface area contributed by atoms with Crippen LogP contribution in [0.2, 0.25) is 0 Å². The third-order valence-corrected chi connectivity index (χ3v) is 3.62. The fourth-order valence-corrected chi connectivity index (χ4v) is 2.42. The topological polar surface area (TPSA) is 49.8 Å². The summed E-state index contributed by atoms with van der Waals surface area (Å²) in [6.45, 7) is 4.87. The van der Waals surface area contributed by atoms with E-state index in [4.69, 9.17) is 9.84 Å². The number of carbonyl (C=O) groups is 1. The van der Waals surface area contributed by atoms with Gasteiger partial charge in [-0.3, -0.25) is 4.79 Å². The molecule has 0 atom stereocenters. The van der Waals surface area contributed by atoms with Gasteiger partial charge in [0.05, 0.1) is 19.6 Å². The number of benzene rings is 1. The highest BCUT2D eigenvalue weighted by Gasteiger charge is 2.31. The highest BCUT2D eigenvalue weighted by molar-refractivity contribution is 5.77. The molecule has 2 rings (SSSR count). The summed E-state index contributed by atoms with van der Waals surface area (Å²) in [5, 5.41) is 9.01. The third kappa shape index (κ3) is 3.73. The summed E-state index contributed by atoms with van der Waals surface area (Å²) in [6.07, 6.45) is 2.48. The lowest BCUT2D eigenvalue weighted by Gasteiger charge is -2.21. The van der Waals surface area contributed by atoms with Gasteiger partial charge in [0.25, 0.3) is 0 Å². The van der Waals surface area contributed by atoms with E-state index in [1.165, 1.54) is 0 Å². The second-order valence-electron chi connectivity index (χ2n) is 5.36. The Balaban J connectivity index is 1.84. The first-order valence-corrected chi connectivity index (χ1v) is 7.23. The van der Waals surface area contributed by atoms with Crippen molar-refractivity contribution in [3.63, 3.8) is 0 Å². The number of ether oxygens (including phenoxy) is 1. The van der Waals surface area contributed by atoms with E-state index in [0.717, 1.165) is 29.7 Å². The molecular formula is C16H23NO3. The van der Waals surface area contributed by atoms with E-state index in [1.54, 1.807) is 4.90 Å². The summed E-state index contributed by atoms with van der Waals surface area (Å²) < 4.78 is 5.76. The molecule has 0 bridgehead atoms. The number of amides is 1. The average Bonchev–Trinajstić information content (AvgIpc) is 3.23. The molecule has 1 aliphatic carbocycles. The second kappa shape index (κ2) is 6.75. The molecule has 1 aromatic rings. The van der Waals surface area contributed by atoms with Gasteiger partial charge in [-0.15, -0.1) is 0 Å². The molecule has 1 aromatic carbocycles. The molecule has 4 heteroatoms. The Hall–Kier alpha value is -1.55. The Morgan fingerprint density at radius 2 is 2.00 bits per heavy atom. The summed E-state index contributed by atoms with van der Waals surface area (Å²) in [6, 6.07) is 6.35. The van der Waals surface area contributed by atoms with Crippen LogP contribution in [0.1, 0.15) is 30.4 Å². The molecule has 110 valence electrons. The van der Waals surface area contributed by atoms with Crippen molar-refractivity contribution in [3.8, 4) is 5.75 Å². The molecule has 0 aliphatic heterocycles. The van der Waals surface area contributed by atoms with Crippen molar-refractivity contribution in [2.75, 3.05) is 19.8 Å². The van der Waals surface area contributed by atoms with Gasteiger partial charge in [0.15, 0.2) is 0 Å². The number of aliphatic hydroxyl groups is 1. The zero-order valence-corrected chi connectivity index (χ0v) is 12.3. The maximum atomic E-state index is 12.1. The predicted molar refractivity (Wildman–Crippen MR) is 77.8 cm³/mol. The highest BCUT2D eigenvalue weighted by Crippen LogP contribution is 2.27. The number of carbonyl (C=O) groups excluding carboxylic acids is 1. The quantitative estimate of drug-likeness (QED) is 0.830. The summed E-state index contributed by atoms with van der Waals surface area (Å²) in [7, 11) is 0. The SMILES string of the molecule is Cc1cccc(C)c1OCCC(=O)N(CCO)C1CC1. The summed E-state index contributed by atoms with van der Waals surface area (Å²) in [5.74, 6) is 0.952. The molecule has 0 radical (unpaired) electrons. The van der Waals surface area contributed by atoms with E-state index in [0.29, 0.717) is 25.6 Å². The van der Waals surface area contributed by atoms with Crippen LogP contribution in [0.3, 0.4) is 0 Å². The first kappa shape index (κ1) is 14.9. The normalized spacial score (nSPS) is 14.2. The largest absolute Gasteiger partial charge is 0.493 e. The Morgan fingerprint density at radius 3 is 2.55 bits per heavy atom. The van der Waals surface area contributed by atoms with Gasteiger partial charge >= 0.3 is 0 Å². The van der Waals surface area contributed by atoms with Gasteiger partial charge in [-0.1, -0.05) is 18.2 Å². The third-order valence-electron chi connectivity index (χ3n) is 3.62. The number of hydrogen-bond acceptors (Lipinski definition) is 3. The van der Waals surface area contributed by atoms with Gasteiger partial charge < -0.3 is 14.7 Å². The van der Waals surface area contributed by atoms with E-state index in [2.05, 4.69) is 0 Å². The standard InChI is InChI=1S/C16H23NO3/c1-12-4-3-5-13(2)16(12)20-11-8-15(19)17(9-10-18)14-6-7-14/h3-5,14,18H,6-11H2,1-2H3. The van der Waals surface area contributed by atoms with Gasteiger partial charge in [-0.05, 0) is 37.8 Å². The van der Waals surface area contributed by atoms with Crippen molar-refractivity contribution in [1.29, 1.82) is 0 Å². The van der Waals surface area contributed by atoms with Crippen molar-refractivity contribution < 1.29 is 14.6 Å². The van der Waals surface area contributed by atoms with E-state index in [1.807, 2.05) is 32.0 Å². The van der Waals surface area contributed by atoms with Crippen molar-refractivity contribution in [3.05, 3.63) is 29.3 Å². The molecule has 1 N–H and O–H groups in total. The van der Waals surface area contributed by atoms with Crippen LogP contribution in [0, 0.1) is 13.8 Å². The van der Waals surface area contributed by atoms with E-state index in [9.17, 15) is 4.79 Å². The Morgan fingerprint density at radius 1 is 1.35 bits per heavy atom. The van der Waals surface area contributed by atoms with Crippen LogP contribution in [0.5, 0.6) is 5.75 Å². The van der Waals surface area contributed by atoms with E-state index >= 15 is 0 Å². The highest BCUT2D eigenvalue weighted by atomic mass is 16.5. The molecule has 4 nitrogen and oxygen atoms in total. The first-order valence-electron chi connectivity index (χ1n) is 7.23. The molecule has 0 unspecified atom stereocenters. The van der Waals surface area contributed by atoms with Crippen molar-refractivity contribution in [2.45, 2.75) is 39.2 Å². The van der Waals surface area contributed by atoms with Crippen LogP contribution >= 0.6 is 0 Å². The van der Waals surface area contributed by atoms with E-state index < -0.39 is 0 Å². The molecule has 0 saturated heterocycles. The van der Waals surface area contributed by atoms with Gasteiger partial charge in [0, 0.05) is 12.6 Å². The molecular weight excluding hydrogens is 254 g/mol. The number of nitrogens with zero attached hydrogens (tertiary/aromatic N) is 1. The minimum Gasteiger partial charge on any atom is -0.493 e. The fourth-order valence-electron chi connectivity index (χ4n) is 2.42. The van der Waals surface area contributed by atoms with Crippen molar-refractivity contribution >= 4 is 5.91 Å². The van der Waals surface area contributed by atoms with Crippen molar-refractivity contribution in [1.82, 2.24) is 4.90 Å². The second-order valence-corrected chi connectivity index (χ2v) is 5.36. The fraction of sp³-hybridized carbons (Fsp3) is 0.562. The van der Waals surface area contributed by atoms with Crippen molar-refractivity contribution in [2.24, 2.45) is 0 Å². The lowest BCUT2D eigenvalue weighted by Crippen LogP contribution is -2.36. The molecule has 20 heavy (non-hydrogen) atoms. The molecule has 1 aliphatic rings. The van der Waals surface area contributed by atoms with Crippen LogP contribution < -0.4 is 4.74 Å². The maximum Gasteiger partial charge on any atom is 0.226 e. The maximum absolute atomic E-state index is 12.1. The predicted octanol–water partition coefficient (Wildman–Crippen LogP) is 2.06. The van der Waals surface area contributed by atoms with Gasteiger partial charge in [-0.2, -0.15) is 0 Å². The molecule has 0 heterocycles. The number of rotatable bonds is 7. The smallest absolute Gasteiger partial charge is 0.226 e. The minimum atomic E-state index is 0.0278. The van der Waals surface area contributed by atoms with Crippen LogP contribution in [-0.2, 0) is 4.79 Å². The molecule has 0 aromatic heterocycles. The first-order chi connectivity index (χ1) is 9.63. The van der Waals surface area contributed by atoms with Gasteiger partial charge in [0.2, 0.25) is 5.91 Å². The monoisotopic (exact) mass is 277 g/mol. The Kier molecular flexibility index (Phi) is 5.01. The molecule has 1 fully saturated rings. The molecule has 0 spiro atoms. The van der Waals surface area contributed by atoms with Gasteiger partial charge in [-0.25, -0.2) is 0 Å². The van der Waals surface area contributed by atoms with Gasteiger partial charge in [0.1, 0.15) is 5.75 Å². The lowest BCUT2D eigenvalue weighted by molar-refractivity contribution is -0.132. The minimum absolute atomic E-state index is 0.0278. The summed E-state index contributed by atoms with van der Waals surface area (Å²) in [5.41, 5.74) is 2.18. The van der Waals surface area contributed by atoms with E-state index in [-0.39, 0.29) is 12.5 Å². The molecule has 1 amide bonds. The summed E-state index contributed by atoms with van der Waals surface area (Å²) >= 11 is 0. The number of aryl methyl sites for hydroxylation is 2. The summed E-state index contributed by atoms with van der Waals surface area (Å²) in [4.78, 5) is 13.9.